The lowest BCUT2D eigenvalue weighted by molar-refractivity contribution is -0.154. The third kappa shape index (κ3) is 3.99. The molecule has 6 heteroatoms. The molecule has 29 heavy (non-hydrogen) atoms. The van der Waals surface area contributed by atoms with E-state index < -0.39 is 6.04 Å². The normalized spacial score (nSPS) is 16.1. The summed E-state index contributed by atoms with van der Waals surface area (Å²) >= 11 is 1.45. The molecule has 0 aliphatic heterocycles. The third-order valence-corrected chi connectivity index (χ3v) is 6.67. The summed E-state index contributed by atoms with van der Waals surface area (Å²) in [6.45, 7) is 3.83. The summed E-state index contributed by atoms with van der Waals surface area (Å²) in [6.07, 6.45) is 7.62. The van der Waals surface area contributed by atoms with Gasteiger partial charge in [0, 0.05) is 10.9 Å². The minimum Gasteiger partial charge on any atom is -0.461 e. The summed E-state index contributed by atoms with van der Waals surface area (Å²) in [7, 11) is 0. The van der Waals surface area contributed by atoms with Gasteiger partial charge in [0.2, 0.25) is 0 Å². The van der Waals surface area contributed by atoms with E-state index >= 15 is 0 Å². The standard InChI is InChI=1S/C23H26N2O3S/c1-3-16-9-11-17(12-10-16)19-13-29-21-20(19)22(26)25(14-24-21)15(2)23(27)28-18-7-5-4-6-8-18/h9-15,18H,3-8H2,1-2H3/t15-/m1/s1. The number of esters is 1. The van der Waals surface area contributed by atoms with E-state index in [1.165, 1.54) is 34.2 Å². The number of aromatic nitrogens is 2. The van der Waals surface area contributed by atoms with Gasteiger partial charge in [0.15, 0.2) is 0 Å². The van der Waals surface area contributed by atoms with Crippen molar-refractivity contribution in [2.75, 3.05) is 0 Å². The van der Waals surface area contributed by atoms with Crippen molar-refractivity contribution in [3.05, 3.63) is 51.9 Å². The van der Waals surface area contributed by atoms with Crippen molar-refractivity contribution in [3.8, 4) is 11.1 Å². The molecule has 4 rings (SSSR count). The van der Waals surface area contributed by atoms with Gasteiger partial charge < -0.3 is 4.74 Å². The molecule has 1 fully saturated rings. The SMILES string of the molecule is CCc1ccc(-c2csc3ncn([C@H](C)C(=O)OC4CCCCC4)c(=O)c23)cc1. The van der Waals surface area contributed by atoms with Crippen molar-refractivity contribution < 1.29 is 9.53 Å². The monoisotopic (exact) mass is 410 g/mol. The maximum absolute atomic E-state index is 13.3. The van der Waals surface area contributed by atoms with Crippen molar-refractivity contribution in [1.82, 2.24) is 9.55 Å². The number of benzene rings is 1. The van der Waals surface area contributed by atoms with Crippen LogP contribution >= 0.6 is 11.3 Å². The Bertz CT molecular complexity index is 1060. The van der Waals surface area contributed by atoms with Crippen molar-refractivity contribution in [3.63, 3.8) is 0 Å². The molecule has 0 saturated heterocycles. The molecule has 0 amide bonds. The average molecular weight is 411 g/mol. The Morgan fingerprint density at radius 3 is 2.66 bits per heavy atom. The van der Waals surface area contributed by atoms with E-state index in [1.54, 1.807) is 6.92 Å². The van der Waals surface area contributed by atoms with Gasteiger partial charge in [0.1, 0.15) is 17.0 Å². The van der Waals surface area contributed by atoms with Crippen LogP contribution in [0.25, 0.3) is 21.3 Å². The van der Waals surface area contributed by atoms with Crippen molar-refractivity contribution in [1.29, 1.82) is 0 Å². The van der Waals surface area contributed by atoms with Crippen LogP contribution in [0.1, 0.15) is 57.6 Å². The Kier molecular flexibility index (Phi) is 5.81. The number of hydrogen-bond acceptors (Lipinski definition) is 5. The zero-order valence-corrected chi connectivity index (χ0v) is 17.7. The topological polar surface area (TPSA) is 61.2 Å². The van der Waals surface area contributed by atoms with Crippen LogP contribution in [0.5, 0.6) is 0 Å². The fourth-order valence-electron chi connectivity index (χ4n) is 3.91. The predicted molar refractivity (Wildman–Crippen MR) is 116 cm³/mol. The molecular weight excluding hydrogens is 384 g/mol. The van der Waals surface area contributed by atoms with Crippen molar-refractivity contribution >= 4 is 27.5 Å². The first-order valence-corrected chi connectivity index (χ1v) is 11.2. The smallest absolute Gasteiger partial charge is 0.329 e. The Morgan fingerprint density at radius 2 is 1.97 bits per heavy atom. The van der Waals surface area contributed by atoms with E-state index in [0.29, 0.717) is 10.2 Å². The fraction of sp³-hybridized carbons (Fsp3) is 0.435. The lowest BCUT2D eigenvalue weighted by atomic mass is 9.98. The van der Waals surface area contributed by atoms with Crippen LogP contribution in [-0.4, -0.2) is 21.6 Å². The molecule has 0 radical (unpaired) electrons. The molecule has 1 atom stereocenters. The van der Waals surface area contributed by atoms with Crippen LogP contribution in [0.3, 0.4) is 0 Å². The first-order valence-electron chi connectivity index (χ1n) is 10.4. The van der Waals surface area contributed by atoms with Gasteiger partial charge >= 0.3 is 5.97 Å². The van der Waals surface area contributed by atoms with E-state index in [0.717, 1.165) is 43.2 Å². The summed E-state index contributed by atoms with van der Waals surface area (Å²) in [5, 5.41) is 2.54. The van der Waals surface area contributed by atoms with Crippen LogP contribution in [0.15, 0.2) is 40.8 Å². The first kappa shape index (κ1) is 19.8. The minimum atomic E-state index is -0.698. The zero-order valence-electron chi connectivity index (χ0n) is 16.9. The van der Waals surface area contributed by atoms with E-state index in [1.807, 2.05) is 17.5 Å². The summed E-state index contributed by atoms with van der Waals surface area (Å²) in [5.41, 5.74) is 2.91. The molecule has 0 N–H and O–H groups in total. The molecule has 1 aliphatic rings. The minimum absolute atomic E-state index is 0.0279. The number of nitrogens with zero attached hydrogens (tertiary/aromatic N) is 2. The molecule has 3 aromatic rings. The second-order valence-electron chi connectivity index (χ2n) is 7.71. The maximum atomic E-state index is 13.3. The van der Waals surface area contributed by atoms with Gasteiger partial charge in [0.05, 0.1) is 11.7 Å². The van der Waals surface area contributed by atoms with Crippen LogP contribution < -0.4 is 5.56 Å². The lowest BCUT2D eigenvalue weighted by Gasteiger charge is -2.24. The number of aryl methyl sites for hydroxylation is 1. The third-order valence-electron chi connectivity index (χ3n) is 5.79. The first-order chi connectivity index (χ1) is 14.1. The molecule has 0 unspecified atom stereocenters. The summed E-state index contributed by atoms with van der Waals surface area (Å²) in [6, 6.07) is 7.54. The van der Waals surface area contributed by atoms with Gasteiger partial charge in [0.25, 0.3) is 5.56 Å². The van der Waals surface area contributed by atoms with Gasteiger partial charge in [-0.3, -0.25) is 9.36 Å². The quantitative estimate of drug-likeness (QED) is 0.548. The number of carbonyl (C=O) groups is 1. The number of fused-ring (bicyclic) bond motifs is 1. The Balaban J connectivity index is 1.66. The van der Waals surface area contributed by atoms with Crippen LogP contribution in [-0.2, 0) is 16.0 Å². The molecular formula is C23H26N2O3S. The molecule has 5 nitrogen and oxygen atoms in total. The Labute approximate surface area is 174 Å². The van der Waals surface area contributed by atoms with E-state index in [2.05, 4.69) is 24.0 Å². The maximum Gasteiger partial charge on any atom is 0.329 e. The van der Waals surface area contributed by atoms with Gasteiger partial charge in [-0.2, -0.15) is 0 Å². The summed E-state index contributed by atoms with van der Waals surface area (Å²) < 4.78 is 7.08. The zero-order chi connectivity index (χ0) is 20.4. The average Bonchev–Trinajstić information content (AvgIpc) is 3.19. The van der Waals surface area contributed by atoms with Crippen LogP contribution in [0.4, 0.5) is 0 Å². The molecule has 2 heterocycles. The van der Waals surface area contributed by atoms with Crippen molar-refractivity contribution in [2.45, 2.75) is 64.5 Å². The Hall–Kier alpha value is -2.47. The van der Waals surface area contributed by atoms with Gasteiger partial charge in [-0.05, 0) is 50.2 Å². The molecule has 1 aliphatic carbocycles. The molecule has 152 valence electrons. The number of thiophene rings is 1. The van der Waals surface area contributed by atoms with Gasteiger partial charge in [-0.15, -0.1) is 11.3 Å². The molecule has 2 aromatic heterocycles. The molecule has 0 bridgehead atoms. The number of hydrogen-bond donors (Lipinski definition) is 0. The molecule has 0 spiro atoms. The Morgan fingerprint density at radius 1 is 1.24 bits per heavy atom. The van der Waals surface area contributed by atoms with E-state index in [4.69, 9.17) is 4.74 Å². The van der Waals surface area contributed by atoms with Crippen molar-refractivity contribution in [2.24, 2.45) is 0 Å². The van der Waals surface area contributed by atoms with Gasteiger partial charge in [-0.1, -0.05) is 37.6 Å². The molecule has 1 saturated carbocycles. The number of ether oxygens (including phenoxy) is 1. The largest absolute Gasteiger partial charge is 0.461 e. The molecule has 1 aromatic carbocycles. The lowest BCUT2D eigenvalue weighted by Crippen LogP contribution is -2.32. The highest BCUT2D eigenvalue weighted by Gasteiger charge is 2.25. The van der Waals surface area contributed by atoms with Crippen LogP contribution in [0, 0.1) is 0 Å². The van der Waals surface area contributed by atoms with Gasteiger partial charge in [-0.25, -0.2) is 9.78 Å². The van der Waals surface area contributed by atoms with E-state index in [-0.39, 0.29) is 17.6 Å². The van der Waals surface area contributed by atoms with E-state index in [9.17, 15) is 9.59 Å². The fourth-order valence-corrected chi connectivity index (χ4v) is 4.82. The summed E-state index contributed by atoms with van der Waals surface area (Å²) in [4.78, 5) is 31.1. The highest BCUT2D eigenvalue weighted by Crippen LogP contribution is 2.31. The number of rotatable bonds is 5. The highest BCUT2D eigenvalue weighted by molar-refractivity contribution is 7.17. The van der Waals surface area contributed by atoms with Crippen LogP contribution in [0.2, 0.25) is 0 Å². The second-order valence-corrected chi connectivity index (χ2v) is 8.57. The highest BCUT2D eigenvalue weighted by atomic mass is 32.1. The predicted octanol–water partition coefficient (Wildman–Crippen LogP) is 5.12. The number of carbonyl (C=O) groups excluding carboxylic acids is 1. The second kappa shape index (κ2) is 8.49. The summed E-state index contributed by atoms with van der Waals surface area (Å²) in [5.74, 6) is -0.357.